The van der Waals surface area contributed by atoms with E-state index in [1.165, 1.54) is 32.4 Å². The zero-order chi connectivity index (χ0) is 31.4. The van der Waals surface area contributed by atoms with Gasteiger partial charge in [0.25, 0.3) is 0 Å². The van der Waals surface area contributed by atoms with Crippen molar-refractivity contribution in [1.82, 2.24) is 5.32 Å². The fraction of sp³-hybridized carbons (Fsp3) is 0.400. The number of hydrogen-bond acceptors (Lipinski definition) is 9. The Labute approximate surface area is 259 Å². The fourth-order valence-electron chi connectivity index (χ4n) is 4.05. The van der Waals surface area contributed by atoms with Crippen molar-refractivity contribution in [3.8, 4) is 23.0 Å². The molecular weight excluding hydrogens is 609 g/mol. The number of benzene rings is 2. The van der Waals surface area contributed by atoms with E-state index < -0.39 is 18.7 Å². The third-order valence-electron chi connectivity index (χ3n) is 6.44. The van der Waals surface area contributed by atoms with E-state index in [1.54, 1.807) is 25.1 Å². The van der Waals surface area contributed by atoms with Crippen molar-refractivity contribution in [2.24, 2.45) is 11.1 Å². The molecule has 2 aromatic rings. The molecule has 2 N–H and O–H groups in total. The highest BCUT2D eigenvalue weighted by molar-refractivity contribution is 6.42. The van der Waals surface area contributed by atoms with E-state index in [0.717, 1.165) is 24.6 Å². The van der Waals surface area contributed by atoms with E-state index in [9.17, 15) is 13.6 Å². The third-order valence-corrected chi connectivity index (χ3v) is 7.21. The van der Waals surface area contributed by atoms with Crippen molar-refractivity contribution < 1.29 is 42.5 Å². The molecule has 1 aliphatic rings. The van der Waals surface area contributed by atoms with Crippen LogP contribution in [0.3, 0.4) is 0 Å². The molecule has 0 spiro atoms. The zero-order valence-electron chi connectivity index (χ0n) is 23.9. The molecule has 1 aliphatic carbocycles. The largest absolute Gasteiger partial charge is 0.493 e. The third kappa shape index (κ3) is 10.6. The van der Waals surface area contributed by atoms with Gasteiger partial charge in [0.15, 0.2) is 23.0 Å². The molecule has 1 unspecified atom stereocenters. The minimum Gasteiger partial charge on any atom is -0.493 e. The number of methoxy groups -OCH3 is 2. The molecule has 9 nitrogen and oxygen atoms in total. The monoisotopic (exact) mass is 642 g/mol. The summed E-state index contributed by atoms with van der Waals surface area (Å²) in [5.41, 5.74) is 1.59. The molecule has 1 saturated carbocycles. The van der Waals surface area contributed by atoms with Gasteiger partial charge in [0, 0.05) is 18.0 Å². The van der Waals surface area contributed by atoms with Gasteiger partial charge in [0.1, 0.15) is 6.10 Å². The van der Waals surface area contributed by atoms with Crippen LogP contribution in [-0.4, -0.2) is 51.4 Å². The van der Waals surface area contributed by atoms with Gasteiger partial charge in [0.2, 0.25) is 0 Å². The topological polar surface area (TPSA) is 108 Å². The lowest BCUT2D eigenvalue weighted by Gasteiger charge is -2.22. The van der Waals surface area contributed by atoms with Gasteiger partial charge >= 0.3 is 12.6 Å². The molecule has 3 rings (SSSR count). The summed E-state index contributed by atoms with van der Waals surface area (Å²) >= 11 is 12.7. The lowest BCUT2D eigenvalue weighted by molar-refractivity contribution is -0.148. The van der Waals surface area contributed by atoms with E-state index in [2.05, 4.69) is 15.2 Å². The van der Waals surface area contributed by atoms with E-state index in [0.29, 0.717) is 41.7 Å². The van der Waals surface area contributed by atoms with Gasteiger partial charge in [0.05, 0.1) is 38.6 Å². The summed E-state index contributed by atoms with van der Waals surface area (Å²) in [7, 11) is 3.07. The molecule has 1 fully saturated rings. The molecule has 0 bridgehead atoms. The summed E-state index contributed by atoms with van der Waals surface area (Å²) in [6.07, 6.45) is 3.54. The molecule has 0 radical (unpaired) electrons. The van der Waals surface area contributed by atoms with Crippen LogP contribution in [0.2, 0.25) is 0 Å². The Hall–Kier alpha value is -3.54. The fourth-order valence-corrected chi connectivity index (χ4v) is 4.50. The molecule has 0 aromatic heterocycles. The average Bonchev–Trinajstić information content (AvgIpc) is 3.82. The maximum atomic E-state index is 13.1. The first-order valence-electron chi connectivity index (χ1n) is 13.4. The Morgan fingerprint density at radius 1 is 1.09 bits per heavy atom. The van der Waals surface area contributed by atoms with E-state index in [-0.39, 0.29) is 34.5 Å². The molecule has 2 aromatic carbocycles. The van der Waals surface area contributed by atoms with Gasteiger partial charge in [-0.05, 0) is 66.6 Å². The Morgan fingerprint density at radius 2 is 1.81 bits per heavy atom. The van der Waals surface area contributed by atoms with Gasteiger partial charge < -0.3 is 34.2 Å². The molecule has 0 saturated heterocycles. The smallest absolute Gasteiger partial charge is 0.387 e. The van der Waals surface area contributed by atoms with Crippen LogP contribution in [0, 0.1) is 5.92 Å². The van der Waals surface area contributed by atoms with Gasteiger partial charge in [-0.1, -0.05) is 46.6 Å². The van der Waals surface area contributed by atoms with E-state index in [1.807, 2.05) is 6.07 Å². The number of esters is 1. The molecule has 0 aliphatic heterocycles. The average molecular weight is 644 g/mol. The van der Waals surface area contributed by atoms with Crippen molar-refractivity contribution >= 4 is 35.4 Å². The standard InChI is InChI=1S/C30H34Cl2F2N2O7/c1-4-22(31)21(23(32)15-36-38)13-26(20-8-10-25(43-30(33)34)28(12-20)41-17-18-5-6-18)42-29(37)16-35-14-19-7-9-24(39-2)27(11-19)40-3/h4,7-12,15,18,26,30,35,38H,5-6,13-14,16-17H2,1-3H3/b22-4+,23-21+,36-15+. The van der Waals surface area contributed by atoms with Crippen molar-refractivity contribution in [1.29, 1.82) is 0 Å². The summed E-state index contributed by atoms with van der Waals surface area (Å²) in [6.45, 7) is -0.874. The van der Waals surface area contributed by atoms with Gasteiger partial charge in [-0.2, -0.15) is 8.78 Å². The number of nitrogens with zero attached hydrogens (tertiary/aromatic N) is 1. The first-order chi connectivity index (χ1) is 20.7. The number of halogens is 4. The molecule has 234 valence electrons. The summed E-state index contributed by atoms with van der Waals surface area (Å²) in [6, 6.07) is 9.68. The van der Waals surface area contributed by atoms with Crippen molar-refractivity contribution in [2.75, 3.05) is 27.4 Å². The second-order valence-corrected chi connectivity index (χ2v) is 10.3. The first-order valence-corrected chi connectivity index (χ1v) is 14.2. The van der Waals surface area contributed by atoms with Crippen LogP contribution in [0.5, 0.6) is 23.0 Å². The van der Waals surface area contributed by atoms with Crippen LogP contribution in [0.15, 0.2) is 63.3 Å². The number of hydrogen-bond donors (Lipinski definition) is 2. The van der Waals surface area contributed by atoms with Crippen LogP contribution in [0.25, 0.3) is 0 Å². The van der Waals surface area contributed by atoms with Crippen LogP contribution in [0.4, 0.5) is 8.78 Å². The normalized spacial score (nSPS) is 14.8. The van der Waals surface area contributed by atoms with Crippen LogP contribution in [0.1, 0.15) is 43.4 Å². The summed E-state index contributed by atoms with van der Waals surface area (Å²) < 4.78 is 53.0. The van der Waals surface area contributed by atoms with Crippen LogP contribution in [-0.2, 0) is 16.1 Å². The number of nitrogens with one attached hydrogen (secondary N) is 1. The second kappa shape index (κ2) is 16.9. The number of alkyl halides is 2. The van der Waals surface area contributed by atoms with Crippen molar-refractivity contribution in [3.63, 3.8) is 0 Å². The van der Waals surface area contributed by atoms with Gasteiger partial charge in [-0.3, -0.25) is 4.79 Å². The number of rotatable bonds is 17. The minimum atomic E-state index is -3.06. The van der Waals surface area contributed by atoms with Crippen molar-refractivity contribution in [3.05, 3.63) is 69.2 Å². The maximum Gasteiger partial charge on any atom is 0.387 e. The predicted molar refractivity (Wildman–Crippen MR) is 159 cm³/mol. The Balaban J connectivity index is 1.85. The summed E-state index contributed by atoms with van der Waals surface area (Å²) in [5.74, 6) is 0.797. The number of oxime groups is 1. The van der Waals surface area contributed by atoms with E-state index in [4.69, 9.17) is 47.4 Å². The minimum absolute atomic E-state index is 0.0149. The Kier molecular flexibility index (Phi) is 13.4. The Bertz CT molecular complexity index is 1330. The summed E-state index contributed by atoms with van der Waals surface area (Å²) in [4.78, 5) is 13.0. The van der Waals surface area contributed by atoms with Crippen LogP contribution < -0.4 is 24.3 Å². The quantitative estimate of drug-likeness (QED) is 0.0627. The molecule has 43 heavy (non-hydrogen) atoms. The number of allylic oxidation sites excluding steroid dienone is 3. The Morgan fingerprint density at radius 3 is 2.44 bits per heavy atom. The molecule has 1 atom stereocenters. The van der Waals surface area contributed by atoms with Crippen LogP contribution >= 0.6 is 23.2 Å². The van der Waals surface area contributed by atoms with Gasteiger partial charge in [-0.15, -0.1) is 0 Å². The molecular formula is C30H34Cl2F2N2O7. The molecule has 0 amide bonds. The SMILES string of the molecule is C\C=C(Cl)/C(CC(OC(=O)CNCc1ccc(OC)c(OC)c1)c1ccc(OC(F)F)c(OCC2CC2)c1)=C(Cl)\C=N\O. The first kappa shape index (κ1) is 34.0. The number of ether oxygens (including phenoxy) is 5. The highest BCUT2D eigenvalue weighted by Gasteiger charge is 2.26. The number of carbonyl (C=O) groups excluding carboxylic acids is 1. The second-order valence-electron chi connectivity index (χ2n) is 9.52. The molecule has 13 heteroatoms. The lowest BCUT2D eigenvalue weighted by atomic mass is 9.99. The molecule has 0 heterocycles. The zero-order valence-corrected chi connectivity index (χ0v) is 25.5. The lowest BCUT2D eigenvalue weighted by Crippen LogP contribution is -2.26. The number of carbonyl (C=O) groups is 1. The van der Waals surface area contributed by atoms with Gasteiger partial charge in [-0.25, -0.2) is 0 Å². The van der Waals surface area contributed by atoms with Crippen molar-refractivity contribution in [2.45, 2.75) is 45.4 Å². The highest BCUT2D eigenvalue weighted by Crippen LogP contribution is 2.39. The predicted octanol–water partition coefficient (Wildman–Crippen LogP) is 6.95. The maximum absolute atomic E-state index is 13.1. The summed E-state index contributed by atoms with van der Waals surface area (Å²) in [5, 5.41) is 15.3. The van der Waals surface area contributed by atoms with E-state index >= 15 is 0 Å². The highest BCUT2D eigenvalue weighted by atomic mass is 35.5.